The summed E-state index contributed by atoms with van der Waals surface area (Å²) in [6.45, 7) is 1.42. The number of carbonyl (C=O) groups excluding carboxylic acids is 1. The molecule has 0 spiro atoms. The fraction of sp³-hybridized carbons (Fsp3) is 0.133. The van der Waals surface area contributed by atoms with Gasteiger partial charge in [0.15, 0.2) is 18.2 Å². The predicted molar refractivity (Wildman–Crippen MR) is 76.1 cm³/mol. The maximum absolute atomic E-state index is 13.3. The average molecular weight is 292 g/mol. The van der Waals surface area contributed by atoms with Crippen molar-refractivity contribution >= 4 is 17.3 Å². The van der Waals surface area contributed by atoms with Crippen LogP contribution in [0.5, 0.6) is 5.75 Å². The summed E-state index contributed by atoms with van der Waals surface area (Å²) in [5, 5.41) is 2.54. The Kier molecular flexibility index (Phi) is 4.37. The molecule has 0 aliphatic heterocycles. The van der Waals surface area contributed by atoms with E-state index in [9.17, 15) is 13.6 Å². The van der Waals surface area contributed by atoms with E-state index < -0.39 is 24.1 Å². The topological polar surface area (TPSA) is 64.3 Å². The van der Waals surface area contributed by atoms with E-state index in [-0.39, 0.29) is 5.75 Å². The third-order valence-corrected chi connectivity index (χ3v) is 2.73. The number of ether oxygens (including phenoxy) is 1. The summed E-state index contributed by atoms with van der Waals surface area (Å²) in [4.78, 5) is 11.7. The summed E-state index contributed by atoms with van der Waals surface area (Å²) < 4.78 is 31.2. The van der Waals surface area contributed by atoms with Crippen molar-refractivity contribution < 1.29 is 18.3 Å². The quantitative estimate of drug-likeness (QED) is 0.852. The van der Waals surface area contributed by atoms with Gasteiger partial charge in [0.05, 0.1) is 11.4 Å². The molecule has 0 atom stereocenters. The molecule has 2 rings (SSSR count). The minimum absolute atomic E-state index is 0.318. The van der Waals surface area contributed by atoms with Crippen LogP contribution in [0.4, 0.5) is 20.2 Å². The number of benzene rings is 2. The Morgan fingerprint density at radius 3 is 2.71 bits per heavy atom. The van der Waals surface area contributed by atoms with Crippen LogP contribution in [-0.2, 0) is 4.79 Å². The number of aryl methyl sites for hydroxylation is 1. The van der Waals surface area contributed by atoms with E-state index in [0.29, 0.717) is 11.4 Å². The number of carbonyl (C=O) groups is 1. The van der Waals surface area contributed by atoms with Gasteiger partial charge in [0.2, 0.25) is 0 Å². The number of hydrogen-bond acceptors (Lipinski definition) is 3. The first kappa shape index (κ1) is 14.8. The molecule has 0 saturated heterocycles. The van der Waals surface area contributed by atoms with Crippen LogP contribution < -0.4 is 15.8 Å². The zero-order valence-electron chi connectivity index (χ0n) is 11.3. The van der Waals surface area contributed by atoms with Gasteiger partial charge in [0, 0.05) is 6.07 Å². The lowest BCUT2D eigenvalue weighted by atomic mass is 10.2. The van der Waals surface area contributed by atoms with Gasteiger partial charge in [-0.2, -0.15) is 0 Å². The lowest BCUT2D eigenvalue weighted by Crippen LogP contribution is -2.21. The first-order valence-electron chi connectivity index (χ1n) is 6.19. The third kappa shape index (κ3) is 3.92. The molecule has 0 aromatic heterocycles. The third-order valence-electron chi connectivity index (χ3n) is 2.73. The number of halogens is 2. The number of nitrogens with one attached hydrogen (secondary N) is 1. The lowest BCUT2D eigenvalue weighted by Gasteiger charge is -2.10. The highest BCUT2D eigenvalue weighted by molar-refractivity contribution is 5.94. The van der Waals surface area contributed by atoms with Crippen LogP contribution in [0, 0.1) is 18.6 Å². The minimum Gasteiger partial charge on any atom is -0.481 e. The Labute approximate surface area is 120 Å². The molecule has 0 aliphatic carbocycles. The monoisotopic (exact) mass is 292 g/mol. The van der Waals surface area contributed by atoms with Crippen molar-refractivity contribution in [1.29, 1.82) is 0 Å². The van der Waals surface area contributed by atoms with E-state index in [0.717, 1.165) is 23.8 Å². The van der Waals surface area contributed by atoms with Gasteiger partial charge in [0.1, 0.15) is 5.82 Å². The van der Waals surface area contributed by atoms with Crippen molar-refractivity contribution in [2.24, 2.45) is 0 Å². The van der Waals surface area contributed by atoms with Gasteiger partial charge >= 0.3 is 0 Å². The number of nitrogen functional groups attached to an aromatic ring is 1. The molecule has 6 heteroatoms. The molecule has 1 amide bonds. The van der Waals surface area contributed by atoms with Crippen molar-refractivity contribution in [3.8, 4) is 5.75 Å². The summed E-state index contributed by atoms with van der Waals surface area (Å²) in [7, 11) is 0. The SMILES string of the molecule is Cc1ccc(NC(=O)COc2cc(F)ccc2F)c(N)c1. The molecule has 2 aromatic rings. The standard InChI is InChI=1S/C15H14F2N2O2/c1-9-2-5-13(12(18)6-9)19-15(20)8-21-14-7-10(16)3-4-11(14)17/h2-7H,8,18H2,1H3,(H,19,20). The van der Waals surface area contributed by atoms with E-state index >= 15 is 0 Å². The molecule has 0 aliphatic rings. The summed E-state index contributed by atoms with van der Waals surface area (Å²) in [6.07, 6.45) is 0. The number of nitrogens with two attached hydrogens (primary N) is 1. The van der Waals surface area contributed by atoms with E-state index in [2.05, 4.69) is 5.32 Å². The number of hydrogen-bond donors (Lipinski definition) is 2. The smallest absolute Gasteiger partial charge is 0.262 e. The second kappa shape index (κ2) is 6.21. The second-order valence-electron chi connectivity index (χ2n) is 4.50. The van der Waals surface area contributed by atoms with Crippen LogP contribution in [0.3, 0.4) is 0 Å². The van der Waals surface area contributed by atoms with Gasteiger partial charge < -0.3 is 15.8 Å². The Hall–Kier alpha value is -2.63. The highest BCUT2D eigenvalue weighted by atomic mass is 19.1. The van der Waals surface area contributed by atoms with Crippen molar-refractivity contribution in [3.63, 3.8) is 0 Å². The molecule has 0 heterocycles. The zero-order valence-corrected chi connectivity index (χ0v) is 11.3. The summed E-state index contributed by atoms with van der Waals surface area (Å²) in [6, 6.07) is 7.94. The van der Waals surface area contributed by atoms with Gasteiger partial charge in [-0.25, -0.2) is 8.78 Å². The molecule has 0 unspecified atom stereocenters. The van der Waals surface area contributed by atoms with Crippen molar-refractivity contribution in [2.45, 2.75) is 6.92 Å². The zero-order chi connectivity index (χ0) is 15.4. The predicted octanol–water partition coefficient (Wildman–Crippen LogP) is 2.87. The minimum atomic E-state index is -0.737. The highest BCUT2D eigenvalue weighted by Gasteiger charge is 2.09. The van der Waals surface area contributed by atoms with E-state index in [1.54, 1.807) is 18.2 Å². The van der Waals surface area contributed by atoms with Crippen LogP contribution in [0.25, 0.3) is 0 Å². The molecule has 0 radical (unpaired) electrons. The normalized spacial score (nSPS) is 10.2. The summed E-state index contributed by atoms with van der Waals surface area (Å²) in [5.74, 6) is -2.22. The molecule has 110 valence electrons. The van der Waals surface area contributed by atoms with Gasteiger partial charge in [0.25, 0.3) is 5.91 Å². The van der Waals surface area contributed by atoms with Gasteiger partial charge in [-0.15, -0.1) is 0 Å². The highest BCUT2D eigenvalue weighted by Crippen LogP contribution is 2.20. The molecule has 0 fully saturated rings. The molecular weight excluding hydrogens is 278 g/mol. The van der Waals surface area contributed by atoms with Crippen LogP contribution in [0.2, 0.25) is 0 Å². The van der Waals surface area contributed by atoms with Gasteiger partial charge in [-0.1, -0.05) is 6.07 Å². The Bertz CT molecular complexity index is 675. The molecule has 3 N–H and O–H groups in total. The first-order valence-corrected chi connectivity index (χ1v) is 6.19. The fourth-order valence-electron chi connectivity index (χ4n) is 1.71. The number of anilines is 2. The second-order valence-corrected chi connectivity index (χ2v) is 4.50. The summed E-state index contributed by atoms with van der Waals surface area (Å²) in [5.41, 5.74) is 7.57. The van der Waals surface area contributed by atoms with Crippen LogP contribution in [-0.4, -0.2) is 12.5 Å². The van der Waals surface area contributed by atoms with E-state index in [4.69, 9.17) is 10.5 Å². The number of rotatable bonds is 4. The maximum Gasteiger partial charge on any atom is 0.262 e. The molecule has 4 nitrogen and oxygen atoms in total. The number of amides is 1. The van der Waals surface area contributed by atoms with E-state index in [1.807, 2.05) is 6.92 Å². The largest absolute Gasteiger partial charge is 0.481 e. The Morgan fingerprint density at radius 1 is 1.24 bits per heavy atom. The fourth-order valence-corrected chi connectivity index (χ4v) is 1.71. The Balaban J connectivity index is 1.97. The van der Waals surface area contributed by atoms with Crippen molar-refractivity contribution in [2.75, 3.05) is 17.7 Å². The molecule has 0 bridgehead atoms. The van der Waals surface area contributed by atoms with Crippen LogP contribution in [0.15, 0.2) is 36.4 Å². The lowest BCUT2D eigenvalue weighted by molar-refractivity contribution is -0.118. The van der Waals surface area contributed by atoms with Crippen molar-refractivity contribution in [1.82, 2.24) is 0 Å². The molecule has 0 saturated carbocycles. The molecule has 2 aromatic carbocycles. The average Bonchev–Trinajstić information content (AvgIpc) is 2.43. The van der Waals surface area contributed by atoms with Crippen LogP contribution >= 0.6 is 0 Å². The van der Waals surface area contributed by atoms with E-state index in [1.165, 1.54) is 0 Å². The maximum atomic E-state index is 13.3. The first-order chi connectivity index (χ1) is 9.95. The Morgan fingerprint density at radius 2 is 2.00 bits per heavy atom. The molecular formula is C15H14F2N2O2. The van der Waals surface area contributed by atoms with Crippen molar-refractivity contribution in [3.05, 3.63) is 53.6 Å². The van der Waals surface area contributed by atoms with Gasteiger partial charge in [-0.3, -0.25) is 4.79 Å². The summed E-state index contributed by atoms with van der Waals surface area (Å²) >= 11 is 0. The van der Waals surface area contributed by atoms with Crippen LogP contribution in [0.1, 0.15) is 5.56 Å². The molecule has 21 heavy (non-hydrogen) atoms. The van der Waals surface area contributed by atoms with Gasteiger partial charge in [-0.05, 0) is 36.8 Å².